The first-order valence-electron chi connectivity index (χ1n) is 6.34. The standard InChI is InChI=1S/C12H16F3NO3/c13-12(14,15)10(18)7-1-3-16(4-2-7)11(19)8-5-9(17)6-8/h7-8,10,18H,1-6H2. The van der Waals surface area contributed by atoms with Crippen molar-refractivity contribution in [2.75, 3.05) is 13.1 Å². The van der Waals surface area contributed by atoms with Gasteiger partial charge in [-0.15, -0.1) is 0 Å². The number of Topliss-reactive ketones (excluding diaryl/α,β-unsaturated/α-hetero) is 1. The van der Waals surface area contributed by atoms with Crippen LogP contribution >= 0.6 is 0 Å². The lowest BCUT2D eigenvalue weighted by atomic mass is 9.82. The summed E-state index contributed by atoms with van der Waals surface area (Å²) in [6.45, 7) is 0.447. The van der Waals surface area contributed by atoms with E-state index < -0.39 is 18.2 Å². The van der Waals surface area contributed by atoms with Crippen LogP contribution in [0.2, 0.25) is 0 Å². The number of alkyl halides is 3. The number of carbonyl (C=O) groups is 2. The van der Waals surface area contributed by atoms with Gasteiger partial charge in [-0.2, -0.15) is 13.2 Å². The van der Waals surface area contributed by atoms with E-state index in [4.69, 9.17) is 5.11 Å². The molecule has 1 aliphatic heterocycles. The molecular weight excluding hydrogens is 263 g/mol. The maximum Gasteiger partial charge on any atom is 0.414 e. The van der Waals surface area contributed by atoms with E-state index in [1.165, 1.54) is 4.90 Å². The van der Waals surface area contributed by atoms with Crippen LogP contribution in [0.15, 0.2) is 0 Å². The molecule has 1 heterocycles. The van der Waals surface area contributed by atoms with E-state index >= 15 is 0 Å². The zero-order chi connectivity index (χ0) is 14.2. The third kappa shape index (κ3) is 3.08. The second kappa shape index (κ2) is 5.11. The molecule has 2 aliphatic rings. The van der Waals surface area contributed by atoms with Crippen molar-refractivity contribution in [1.29, 1.82) is 0 Å². The third-order valence-corrected chi connectivity index (χ3v) is 3.93. The number of ketones is 1. The van der Waals surface area contributed by atoms with Gasteiger partial charge in [-0.1, -0.05) is 0 Å². The third-order valence-electron chi connectivity index (χ3n) is 3.93. The zero-order valence-electron chi connectivity index (χ0n) is 10.3. The molecule has 0 aromatic rings. The molecule has 108 valence electrons. The van der Waals surface area contributed by atoms with Gasteiger partial charge in [0.1, 0.15) is 5.78 Å². The summed E-state index contributed by atoms with van der Waals surface area (Å²) in [7, 11) is 0. The molecular formula is C12H16F3NO3. The van der Waals surface area contributed by atoms with E-state index in [1.807, 2.05) is 0 Å². The van der Waals surface area contributed by atoms with Gasteiger partial charge in [-0.3, -0.25) is 9.59 Å². The highest BCUT2D eigenvalue weighted by molar-refractivity contribution is 5.96. The number of likely N-dealkylation sites (tertiary alicyclic amines) is 1. The number of rotatable bonds is 2. The minimum Gasteiger partial charge on any atom is -0.383 e. The summed E-state index contributed by atoms with van der Waals surface area (Å²) in [5.41, 5.74) is 0. The van der Waals surface area contributed by atoms with Crippen LogP contribution in [0.5, 0.6) is 0 Å². The molecule has 1 amide bonds. The van der Waals surface area contributed by atoms with Crippen molar-refractivity contribution in [1.82, 2.24) is 4.90 Å². The van der Waals surface area contributed by atoms with Crippen LogP contribution in [0.3, 0.4) is 0 Å². The molecule has 1 saturated heterocycles. The van der Waals surface area contributed by atoms with Gasteiger partial charge >= 0.3 is 6.18 Å². The SMILES string of the molecule is O=C1CC(C(=O)N2CCC(C(O)C(F)(F)F)CC2)C1. The van der Waals surface area contributed by atoms with Gasteiger partial charge in [0.2, 0.25) is 5.91 Å². The lowest BCUT2D eigenvalue weighted by molar-refractivity contribution is -0.223. The molecule has 19 heavy (non-hydrogen) atoms. The van der Waals surface area contributed by atoms with Gasteiger partial charge in [0, 0.05) is 25.9 Å². The van der Waals surface area contributed by atoms with E-state index in [-0.39, 0.29) is 56.4 Å². The lowest BCUT2D eigenvalue weighted by Crippen LogP contribution is -2.48. The van der Waals surface area contributed by atoms with E-state index in [9.17, 15) is 22.8 Å². The fourth-order valence-electron chi connectivity index (χ4n) is 2.63. The minimum absolute atomic E-state index is 0.0562. The van der Waals surface area contributed by atoms with Crippen molar-refractivity contribution in [3.05, 3.63) is 0 Å². The highest BCUT2D eigenvalue weighted by atomic mass is 19.4. The Morgan fingerprint density at radius 2 is 1.79 bits per heavy atom. The smallest absolute Gasteiger partial charge is 0.383 e. The summed E-state index contributed by atoms with van der Waals surface area (Å²) in [6, 6.07) is 0. The van der Waals surface area contributed by atoms with Gasteiger partial charge in [0.25, 0.3) is 0 Å². The molecule has 1 atom stereocenters. The summed E-state index contributed by atoms with van der Waals surface area (Å²) >= 11 is 0. The van der Waals surface area contributed by atoms with Crippen molar-refractivity contribution in [2.24, 2.45) is 11.8 Å². The molecule has 1 aliphatic carbocycles. The topological polar surface area (TPSA) is 57.6 Å². The van der Waals surface area contributed by atoms with Gasteiger partial charge in [0.15, 0.2) is 6.10 Å². The summed E-state index contributed by atoms with van der Waals surface area (Å²) in [5.74, 6) is -1.20. The normalized spacial score (nSPS) is 24.2. The van der Waals surface area contributed by atoms with Crippen molar-refractivity contribution >= 4 is 11.7 Å². The van der Waals surface area contributed by atoms with Crippen molar-refractivity contribution in [3.63, 3.8) is 0 Å². The first-order chi connectivity index (χ1) is 8.79. The lowest BCUT2D eigenvalue weighted by Gasteiger charge is -2.37. The fourth-order valence-corrected chi connectivity index (χ4v) is 2.63. The zero-order valence-corrected chi connectivity index (χ0v) is 10.3. The van der Waals surface area contributed by atoms with Crippen LogP contribution in [0.25, 0.3) is 0 Å². The Balaban J connectivity index is 1.82. The largest absolute Gasteiger partial charge is 0.414 e. The average molecular weight is 279 g/mol. The van der Waals surface area contributed by atoms with E-state index in [1.54, 1.807) is 0 Å². The van der Waals surface area contributed by atoms with Crippen LogP contribution in [-0.4, -0.2) is 47.1 Å². The minimum atomic E-state index is -4.60. The Kier molecular flexibility index (Phi) is 3.85. The number of aliphatic hydroxyl groups is 1. The molecule has 7 heteroatoms. The molecule has 0 spiro atoms. The summed E-state index contributed by atoms with van der Waals surface area (Å²) in [6.07, 6.45) is -6.11. The highest BCUT2D eigenvalue weighted by Crippen LogP contribution is 2.33. The van der Waals surface area contributed by atoms with E-state index in [2.05, 4.69) is 0 Å². The highest BCUT2D eigenvalue weighted by Gasteiger charge is 2.45. The maximum absolute atomic E-state index is 12.4. The molecule has 4 nitrogen and oxygen atoms in total. The molecule has 1 saturated carbocycles. The summed E-state index contributed by atoms with van der Waals surface area (Å²) in [4.78, 5) is 24.2. The predicted molar refractivity (Wildman–Crippen MR) is 59.1 cm³/mol. The molecule has 2 rings (SSSR count). The number of hydrogen-bond donors (Lipinski definition) is 1. The Hall–Kier alpha value is -1.11. The first kappa shape index (κ1) is 14.3. The maximum atomic E-state index is 12.4. The molecule has 1 N–H and O–H groups in total. The number of halogens is 3. The summed E-state index contributed by atoms with van der Waals surface area (Å²) in [5, 5.41) is 9.16. The van der Waals surface area contributed by atoms with E-state index in [0.717, 1.165) is 0 Å². The van der Waals surface area contributed by atoms with Crippen LogP contribution in [0.1, 0.15) is 25.7 Å². The number of piperidine rings is 1. The first-order valence-corrected chi connectivity index (χ1v) is 6.34. The number of aliphatic hydroxyl groups excluding tert-OH is 1. The Bertz CT molecular complexity index is 367. The monoisotopic (exact) mass is 279 g/mol. The quantitative estimate of drug-likeness (QED) is 0.824. The van der Waals surface area contributed by atoms with Crippen molar-refractivity contribution < 1.29 is 27.9 Å². The van der Waals surface area contributed by atoms with Crippen LogP contribution in [-0.2, 0) is 9.59 Å². The second-order valence-electron chi connectivity index (χ2n) is 5.29. The van der Waals surface area contributed by atoms with Gasteiger partial charge in [0.05, 0.1) is 5.92 Å². The Morgan fingerprint density at radius 1 is 1.26 bits per heavy atom. The van der Waals surface area contributed by atoms with Gasteiger partial charge < -0.3 is 10.0 Å². The number of carbonyl (C=O) groups excluding carboxylic acids is 2. The van der Waals surface area contributed by atoms with Crippen LogP contribution in [0.4, 0.5) is 13.2 Å². The molecule has 2 fully saturated rings. The molecule has 1 unspecified atom stereocenters. The van der Waals surface area contributed by atoms with Crippen molar-refractivity contribution in [3.8, 4) is 0 Å². The Labute approximate surface area is 108 Å². The number of nitrogens with zero attached hydrogens (tertiary/aromatic N) is 1. The van der Waals surface area contributed by atoms with Gasteiger partial charge in [-0.25, -0.2) is 0 Å². The molecule has 0 aromatic carbocycles. The summed E-state index contributed by atoms with van der Waals surface area (Å²) < 4.78 is 37.1. The second-order valence-corrected chi connectivity index (χ2v) is 5.29. The molecule has 0 aromatic heterocycles. The van der Waals surface area contributed by atoms with E-state index in [0.29, 0.717) is 0 Å². The van der Waals surface area contributed by atoms with Crippen LogP contribution in [0, 0.1) is 11.8 Å². The predicted octanol–water partition coefficient (Wildman–Crippen LogP) is 1.13. The van der Waals surface area contributed by atoms with Crippen LogP contribution < -0.4 is 0 Å². The average Bonchev–Trinajstić information content (AvgIpc) is 2.32. The van der Waals surface area contributed by atoms with Gasteiger partial charge in [-0.05, 0) is 18.8 Å². The fraction of sp³-hybridized carbons (Fsp3) is 0.833. The Morgan fingerprint density at radius 3 is 2.21 bits per heavy atom. The molecule has 0 bridgehead atoms. The van der Waals surface area contributed by atoms with Crippen molar-refractivity contribution in [2.45, 2.75) is 38.0 Å². The number of hydrogen-bond acceptors (Lipinski definition) is 3. The molecule has 0 radical (unpaired) electrons. The number of amides is 1.